The first-order valence-corrected chi connectivity index (χ1v) is 6.81. The van der Waals surface area contributed by atoms with Gasteiger partial charge in [0.25, 0.3) is 0 Å². The Morgan fingerprint density at radius 1 is 1.16 bits per heavy atom. The number of ether oxygens (including phenoxy) is 1. The van der Waals surface area contributed by atoms with Gasteiger partial charge in [-0.15, -0.1) is 0 Å². The Bertz CT molecular complexity index is 555. The number of rotatable bonds is 4. The van der Waals surface area contributed by atoms with Crippen LogP contribution in [-0.4, -0.2) is 7.11 Å². The van der Waals surface area contributed by atoms with Crippen molar-refractivity contribution in [3.63, 3.8) is 0 Å². The molecule has 2 aromatic carbocycles. The van der Waals surface area contributed by atoms with Gasteiger partial charge in [-0.05, 0) is 47.9 Å². The normalized spacial score (nSPS) is 12.2. The zero-order valence-electron chi connectivity index (χ0n) is 11.0. The highest BCUT2D eigenvalue weighted by Gasteiger charge is 2.15. The van der Waals surface area contributed by atoms with Crippen LogP contribution < -0.4 is 16.0 Å². The van der Waals surface area contributed by atoms with E-state index in [0.717, 1.165) is 21.3 Å². The number of aryl methyl sites for hydroxylation is 1. The molecule has 0 fully saturated rings. The van der Waals surface area contributed by atoms with Crippen molar-refractivity contribution >= 4 is 15.9 Å². The quantitative estimate of drug-likeness (QED) is 0.671. The summed E-state index contributed by atoms with van der Waals surface area (Å²) in [6.07, 6.45) is 0. The van der Waals surface area contributed by atoms with Crippen molar-refractivity contribution < 1.29 is 4.74 Å². The molecule has 0 saturated heterocycles. The summed E-state index contributed by atoms with van der Waals surface area (Å²) in [4.78, 5) is 0. The van der Waals surface area contributed by atoms with Gasteiger partial charge in [-0.2, -0.15) is 0 Å². The SMILES string of the molecule is COc1ccc(C(NN)c2cc(Br)ccc2C)cc1. The van der Waals surface area contributed by atoms with E-state index in [2.05, 4.69) is 40.4 Å². The number of methoxy groups -OCH3 is 1. The van der Waals surface area contributed by atoms with Gasteiger partial charge in [0.1, 0.15) is 5.75 Å². The Kier molecular flexibility index (Phi) is 4.58. The molecule has 0 amide bonds. The van der Waals surface area contributed by atoms with Crippen LogP contribution in [0, 0.1) is 6.92 Å². The molecule has 1 atom stereocenters. The zero-order chi connectivity index (χ0) is 13.8. The molecule has 100 valence electrons. The van der Waals surface area contributed by atoms with E-state index in [1.54, 1.807) is 7.11 Å². The molecule has 19 heavy (non-hydrogen) atoms. The van der Waals surface area contributed by atoms with Gasteiger partial charge in [0, 0.05) is 4.47 Å². The van der Waals surface area contributed by atoms with Gasteiger partial charge in [0.05, 0.1) is 13.2 Å². The molecule has 0 aliphatic heterocycles. The van der Waals surface area contributed by atoms with E-state index in [4.69, 9.17) is 10.6 Å². The van der Waals surface area contributed by atoms with Gasteiger partial charge in [-0.25, -0.2) is 5.43 Å². The van der Waals surface area contributed by atoms with E-state index < -0.39 is 0 Å². The van der Waals surface area contributed by atoms with Crippen LogP contribution in [0.25, 0.3) is 0 Å². The first-order chi connectivity index (χ1) is 9.15. The summed E-state index contributed by atoms with van der Waals surface area (Å²) < 4.78 is 6.22. The van der Waals surface area contributed by atoms with Gasteiger partial charge in [0.15, 0.2) is 0 Å². The molecule has 3 nitrogen and oxygen atoms in total. The summed E-state index contributed by atoms with van der Waals surface area (Å²) in [5, 5.41) is 0. The summed E-state index contributed by atoms with van der Waals surface area (Å²) in [6.45, 7) is 2.08. The largest absolute Gasteiger partial charge is 0.497 e. The Balaban J connectivity index is 2.40. The van der Waals surface area contributed by atoms with Gasteiger partial charge < -0.3 is 4.74 Å². The molecular weight excluding hydrogens is 304 g/mol. The third-order valence-corrected chi connectivity index (χ3v) is 3.66. The molecule has 0 aliphatic carbocycles. The smallest absolute Gasteiger partial charge is 0.118 e. The van der Waals surface area contributed by atoms with Crippen LogP contribution in [0.2, 0.25) is 0 Å². The molecule has 0 aromatic heterocycles. The fourth-order valence-corrected chi connectivity index (χ4v) is 2.46. The van der Waals surface area contributed by atoms with Crippen LogP contribution in [0.15, 0.2) is 46.9 Å². The molecule has 2 aromatic rings. The second-order valence-corrected chi connectivity index (χ2v) is 5.29. The lowest BCUT2D eigenvalue weighted by molar-refractivity contribution is 0.414. The minimum absolute atomic E-state index is 0.0385. The second-order valence-electron chi connectivity index (χ2n) is 4.37. The number of halogens is 1. The zero-order valence-corrected chi connectivity index (χ0v) is 12.6. The van der Waals surface area contributed by atoms with Crippen molar-refractivity contribution in [2.45, 2.75) is 13.0 Å². The maximum atomic E-state index is 5.73. The van der Waals surface area contributed by atoms with Crippen molar-refractivity contribution in [2.75, 3.05) is 7.11 Å². The van der Waals surface area contributed by atoms with Gasteiger partial charge in [-0.1, -0.05) is 34.1 Å². The Labute approximate surface area is 121 Å². The average Bonchev–Trinajstić information content (AvgIpc) is 2.44. The van der Waals surface area contributed by atoms with E-state index in [1.807, 2.05) is 30.3 Å². The first kappa shape index (κ1) is 14.1. The number of nitrogens with one attached hydrogen (secondary N) is 1. The standard InChI is InChI=1S/C15H17BrN2O/c1-10-3-6-12(16)9-14(10)15(18-17)11-4-7-13(19-2)8-5-11/h3-9,15,18H,17H2,1-2H3. The highest BCUT2D eigenvalue weighted by molar-refractivity contribution is 9.10. The van der Waals surface area contributed by atoms with Gasteiger partial charge in [-0.3, -0.25) is 5.84 Å². The lowest BCUT2D eigenvalue weighted by Gasteiger charge is -2.19. The predicted molar refractivity (Wildman–Crippen MR) is 81.0 cm³/mol. The van der Waals surface area contributed by atoms with Crippen molar-refractivity contribution in [1.29, 1.82) is 0 Å². The van der Waals surface area contributed by atoms with Crippen molar-refractivity contribution in [3.8, 4) is 5.75 Å². The molecule has 3 N–H and O–H groups in total. The van der Waals surface area contributed by atoms with Crippen LogP contribution in [0.1, 0.15) is 22.7 Å². The topological polar surface area (TPSA) is 47.3 Å². The Morgan fingerprint density at radius 3 is 2.42 bits per heavy atom. The number of hydrogen-bond donors (Lipinski definition) is 2. The second kappa shape index (κ2) is 6.19. The average molecular weight is 321 g/mol. The third-order valence-electron chi connectivity index (χ3n) is 3.17. The Morgan fingerprint density at radius 2 is 1.84 bits per heavy atom. The number of hydrogen-bond acceptors (Lipinski definition) is 3. The van der Waals surface area contributed by atoms with Crippen LogP contribution in [-0.2, 0) is 0 Å². The maximum absolute atomic E-state index is 5.73. The van der Waals surface area contributed by atoms with E-state index >= 15 is 0 Å². The summed E-state index contributed by atoms with van der Waals surface area (Å²) in [5.74, 6) is 6.57. The molecule has 0 radical (unpaired) electrons. The maximum Gasteiger partial charge on any atom is 0.118 e. The van der Waals surface area contributed by atoms with Crippen LogP contribution in [0.5, 0.6) is 5.75 Å². The third kappa shape index (κ3) is 3.15. The molecule has 0 spiro atoms. The highest BCUT2D eigenvalue weighted by Crippen LogP contribution is 2.28. The van der Waals surface area contributed by atoms with E-state index in [-0.39, 0.29) is 6.04 Å². The molecule has 1 unspecified atom stereocenters. The number of nitrogens with two attached hydrogens (primary N) is 1. The molecule has 2 rings (SSSR count). The van der Waals surface area contributed by atoms with E-state index in [9.17, 15) is 0 Å². The summed E-state index contributed by atoms with van der Waals surface area (Å²) in [7, 11) is 1.66. The lowest BCUT2D eigenvalue weighted by atomic mass is 9.95. The number of benzene rings is 2. The summed E-state index contributed by atoms with van der Waals surface area (Å²) in [6, 6.07) is 14.1. The molecular formula is C15H17BrN2O. The monoisotopic (exact) mass is 320 g/mol. The Hall–Kier alpha value is -1.36. The molecule has 0 heterocycles. The van der Waals surface area contributed by atoms with Crippen LogP contribution in [0.3, 0.4) is 0 Å². The summed E-state index contributed by atoms with van der Waals surface area (Å²) >= 11 is 3.50. The van der Waals surface area contributed by atoms with Crippen LogP contribution in [0.4, 0.5) is 0 Å². The fourth-order valence-electron chi connectivity index (χ4n) is 2.08. The predicted octanol–water partition coefficient (Wildman–Crippen LogP) is 3.32. The van der Waals surface area contributed by atoms with Gasteiger partial charge >= 0.3 is 0 Å². The molecule has 0 aliphatic rings. The molecule has 0 bridgehead atoms. The van der Waals surface area contributed by atoms with E-state index in [0.29, 0.717) is 0 Å². The minimum atomic E-state index is -0.0385. The fraction of sp³-hybridized carbons (Fsp3) is 0.200. The summed E-state index contributed by atoms with van der Waals surface area (Å²) in [5.41, 5.74) is 6.33. The van der Waals surface area contributed by atoms with Crippen molar-refractivity contribution in [2.24, 2.45) is 5.84 Å². The molecule has 4 heteroatoms. The van der Waals surface area contributed by atoms with Crippen LogP contribution >= 0.6 is 15.9 Å². The van der Waals surface area contributed by atoms with Gasteiger partial charge in [0.2, 0.25) is 0 Å². The minimum Gasteiger partial charge on any atom is -0.497 e. The number of hydrazine groups is 1. The van der Waals surface area contributed by atoms with Crippen molar-refractivity contribution in [3.05, 3.63) is 63.6 Å². The highest BCUT2D eigenvalue weighted by atomic mass is 79.9. The lowest BCUT2D eigenvalue weighted by Crippen LogP contribution is -2.29. The first-order valence-electron chi connectivity index (χ1n) is 6.02. The van der Waals surface area contributed by atoms with E-state index in [1.165, 1.54) is 5.56 Å². The molecule has 0 saturated carbocycles. The van der Waals surface area contributed by atoms with Crippen molar-refractivity contribution in [1.82, 2.24) is 5.43 Å².